The lowest BCUT2D eigenvalue weighted by molar-refractivity contribution is -0.380. The highest BCUT2D eigenvalue weighted by molar-refractivity contribution is 7.13. The van der Waals surface area contributed by atoms with Gasteiger partial charge < -0.3 is 10.6 Å². The van der Waals surface area contributed by atoms with E-state index in [4.69, 9.17) is 0 Å². The Balaban J connectivity index is 0.00000200. The van der Waals surface area contributed by atoms with Gasteiger partial charge in [-0.2, -0.15) is 0 Å². The molecule has 9 heteroatoms. The van der Waals surface area contributed by atoms with E-state index in [2.05, 4.69) is 15.5 Å². The van der Waals surface area contributed by atoms with E-state index in [1.54, 1.807) is 0 Å². The summed E-state index contributed by atoms with van der Waals surface area (Å²) in [5.74, 6) is -0.250. The van der Waals surface area contributed by atoms with E-state index < -0.39 is 4.92 Å². The Labute approximate surface area is 126 Å². The number of nitrogens with one attached hydrogen (secondary N) is 2. The van der Waals surface area contributed by atoms with Gasteiger partial charge in [-0.05, 0) is 0 Å². The number of hydrogen-bond acceptors (Lipinski definition) is 6. The molecule has 0 radical (unpaired) electrons. The van der Waals surface area contributed by atoms with Gasteiger partial charge in [-0.15, -0.1) is 12.4 Å². The predicted molar refractivity (Wildman–Crippen MR) is 79.9 cm³/mol. The van der Waals surface area contributed by atoms with Crippen molar-refractivity contribution >= 4 is 34.7 Å². The van der Waals surface area contributed by atoms with Gasteiger partial charge in [-0.25, -0.2) is 0 Å². The number of thiophene rings is 1. The van der Waals surface area contributed by atoms with Crippen LogP contribution in [-0.4, -0.2) is 55.0 Å². The molecule has 0 atom stereocenters. The lowest BCUT2D eigenvalue weighted by atomic mass is 10.3. The van der Waals surface area contributed by atoms with E-state index in [0.717, 1.165) is 44.1 Å². The molecular formula is C11H17ClN4O3S. The molecule has 20 heavy (non-hydrogen) atoms. The first-order chi connectivity index (χ1) is 9.16. The number of carbonyl (C=O) groups excluding carboxylic acids is 1. The third kappa shape index (κ3) is 4.71. The fourth-order valence-electron chi connectivity index (χ4n) is 1.90. The van der Waals surface area contributed by atoms with Crippen LogP contribution in [-0.2, 0) is 0 Å². The van der Waals surface area contributed by atoms with E-state index in [0.29, 0.717) is 12.1 Å². The summed E-state index contributed by atoms with van der Waals surface area (Å²) in [6.07, 6.45) is 0. The van der Waals surface area contributed by atoms with E-state index in [1.807, 2.05) is 0 Å². The Morgan fingerprint density at radius 1 is 1.50 bits per heavy atom. The average Bonchev–Trinajstić information content (AvgIpc) is 2.89. The van der Waals surface area contributed by atoms with Crippen LogP contribution in [0.5, 0.6) is 0 Å². The summed E-state index contributed by atoms with van der Waals surface area (Å²) in [5, 5.41) is 18.1. The summed E-state index contributed by atoms with van der Waals surface area (Å²) in [7, 11) is 0. The number of halogens is 1. The number of nitro groups is 1. The molecule has 0 spiro atoms. The molecule has 1 amide bonds. The Kier molecular flexibility index (Phi) is 6.86. The summed E-state index contributed by atoms with van der Waals surface area (Å²) in [5.41, 5.74) is 0.358. The molecule has 1 aliphatic heterocycles. The SMILES string of the molecule is Cl.O=C(NCCN1CCNCC1)c1csc([N+](=O)[O-])c1. The van der Waals surface area contributed by atoms with Crippen molar-refractivity contribution in [2.45, 2.75) is 0 Å². The summed E-state index contributed by atoms with van der Waals surface area (Å²) in [4.78, 5) is 24.1. The van der Waals surface area contributed by atoms with Crippen LogP contribution in [0.25, 0.3) is 0 Å². The van der Waals surface area contributed by atoms with Gasteiger partial charge in [0.25, 0.3) is 5.91 Å². The Morgan fingerprint density at radius 3 is 2.80 bits per heavy atom. The van der Waals surface area contributed by atoms with Gasteiger partial charge in [-0.3, -0.25) is 19.8 Å². The molecule has 2 N–H and O–H groups in total. The number of carbonyl (C=O) groups is 1. The molecule has 1 aromatic rings. The number of piperazine rings is 1. The Morgan fingerprint density at radius 2 is 2.20 bits per heavy atom. The Bertz CT molecular complexity index is 462. The van der Waals surface area contributed by atoms with Crippen molar-refractivity contribution in [1.29, 1.82) is 0 Å². The van der Waals surface area contributed by atoms with Gasteiger partial charge in [0.15, 0.2) is 0 Å². The van der Waals surface area contributed by atoms with Crippen molar-refractivity contribution in [2.75, 3.05) is 39.3 Å². The van der Waals surface area contributed by atoms with Gasteiger partial charge in [-0.1, -0.05) is 11.3 Å². The van der Waals surface area contributed by atoms with Gasteiger partial charge in [0, 0.05) is 50.7 Å². The van der Waals surface area contributed by atoms with Crippen LogP contribution >= 0.6 is 23.7 Å². The lowest BCUT2D eigenvalue weighted by Crippen LogP contribution is -2.46. The highest BCUT2D eigenvalue weighted by Gasteiger charge is 2.15. The average molecular weight is 321 g/mol. The lowest BCUT2D eigenvalue weighted by Gasteiger charge is -2.27. The molecule has 2 rings (SSSR count). The van der Waals surface area contributed by atoms with Crippen molar-refractivity contribution in [3.8, 4) is 0 Å². The minimum absolute atomic E-state index is 0. The quantitative estimate of drug-likeness (QED) is 0.616. The molecule has 0 aromatic carbocycles. The van der Waals surface area contributed by atoms with Crippen LogP contribution in [0.2, 0.25) is 0 Å². The standard InChI is InChI=1S/C11H16N4O3S.ClH/c16-11(9-7-10(15(17)18)19-8-9)13-3-6-14-4-1-12-2-5-14;/h7-8,12H,1-6H2,(H,13,16);1H. The highest BCUT2D eigenvalue weighted by Crippen LogP contribution is 2.22. The van der Waals surface area contributed by atoms with E-state index in [-0.39, 0.29) is 23.3 Å². The van der Waals surface area contributed by atoms with Crippen LogP contribution in [0.1, 0.15) is 10.4 Å². The zero-order valence-corrected chi connectivity index (χ0v) is 12.5. The molecule has 0 saturated carbocycles. The fourth-order valence-corrected chi connectivity index (χ4v) is 2.61. The molecule has 1 saturated heterocycles. The molecule has 112 valence electrons. The number of hydrogen-bond donors (Lipinski definition) is 2. The van der Waals surface area contributed by atoms with Crippen LogP contribution in [0.3, 0.4) is 0 Å². The van der Waals surface area contributed by atoms with Crippen LogP contribution in [0.15, 0.2) is 11.4 Å². The van der Waals surface area contributed by atoms with Crippen LogP contribution in [0.4, 0.5) is 5.00 Å². The van der Waals surface area contributed by atoms with Crippen molar-refractivity contribution in [3.05, 3.63) is 27.1 Å². The first-order valence-electron chi connectivity index (χ1n) is 6.11. The van der Waals surface area contributed by atoms with Gasteiger partial charge in [0.05, 0.1) is 10.5 Å². The zero-order valence-electron chi connectivity index (χ0n) is 10.8. The minimum atomic E-state index is -0.484. The molecule has 0 bridgehead atoms. The van der Waals surface area contributed by atoms with Crippen molar-refractivity contribution in [3.63, 3.8) is 0 Å². The maximum Gasteiger partial charge on any atom is 0.324 e. The third-order valence-corrected chi connectivity index (χ3v) is 3.83. The van der Waals surface area contributed by atoms with Gasteiger partial charge >= 0.3 is 5.00 Å². The maximum absolute atomic E-state index is 11.8. The molecular weight excluding hydrogens is 304 g/mol. The molecule has 7 nitrogen and oxygen atoms in total. The summed E-state index contributed by atoms with van der Waals surface area (Å²) < 4.78 is 0. The summed E-state index contributed by atoms with van der Waals surface area (Å²) in [6, 6.07) is 1.31. The van der Waals surface area contributed by atoms with Crippen molar-refractivity contribution < 1.29 is 9.72 Å². The number of nitrogens with zero attached hydrogens (tertiary/aromatic N) is 2. The predicted octanol–water partition coefficient (Wildman–Crippen LogP) is 0.713. The van der Waals surface area contributed by atoms with E-state index in [9.17, 15) is 14.9 Å². The zero-order chi connectivity index (χ0) is 13.7. The summed E-state index contributed by atoms with van der Waals surface area (Å²) >= 11 is 0.969. The second-order valence-corrected chi connectivity index (χ2v) is 5.17. The molecule has 1 fully saturated rings. The highest BCUT2D eigenvalue weighted by atomic mass is 35.5. The molecule has 0 unspecified atom stereocenters. The first kappa shape index (κ1) is 16.8. The second-order valence-electron chi connectivity index (χ2n) is 4.28. The topological polar surface area (TPSA) is 87.5 Å². The Hall–Kier alpha value is -1.22. The second kappa shape index (κ2) is 8.15. The fraction of sp³-hybridized carbons (Fsp3) is 0.545. The summed E-state index contributed by atoms with van der Waals surface area (Å²) in [6.45, 7) is 5.29. The monoisotopic (exact) mass is 320 g/mol. The molecule has 0 aliphatic carbocycles. The number of amides is 1. The number of rotatable bonds is 5. The smallest absolute Gasteiger partial charge is 0.324 e. The van der Waals surface area contributed by atoms with E-state index in [1.165, 1.54) is 11.4 Å². The van der Waals surface area contributed by atoms with E-state index >= 15 is 0 Å². The first-order valence-corrected chi connectivity index (χ1v) is 6.99. The van der Waals surface area contributed by atoms with Crippen LogP contribution in [0, 0.1) is 10.1 Å². The van der Waals surface area contributed by atoms with Crippen molar-refractivity contribution in [2.24, 2.45) is 0 Å². The normalized spacial score (nSPS) is 15.4. The largest absolute Gasteiger partial charge is 0.351 e. The van der Waals surface area contributed by atoms with Crippen molar-refractivity contribution in [1.82, 2.24) is 15.5 Å². The molecule has 2 heterocycles. The van der Waals surface area contributed by atoms with Gasteiger partial charge in [0.2, 0.25) is 0 Å². The van der Waals surface area contributed by atoms with Crippen LogP contribution < -0.4 is 10.6 Å². The molecule has 1 aromatic heterocycles. The third-order valence-electron chi connectivity index (χ3n) is 2.95. The van der Waals surface area contributed by atoms with Gasteiger partial charge in [0.1, 0.15) is 0 Å². The minimum Gasteiger partial charge on any atom is -0.351 e. The maximum atomic E-state index is 11.8. The molecule has 1 aliphatic rings.